The molecule has 2 aromatic heterocycles. The highest BCUT2D eigenvalue weighted by Gasteiger charge is 2.11. The summed E-state index contributed by atoms with van der Waals surface area (Å²) in [7, 11) is 0. The molecule has 3 aromatic rings. The van der Waals surface area contributed by atoms with Gasteiger partial charge in [0.05, 0.1) is 10.6 Å². The van der Waals surface area contributed by atoms with Crippen molar-refractivity contribution in [3.05, 3.63) is 53.4 Å². The lowest BCUT2D eigenvalue weighted by Gasteiger charge is -2.09. The fraction of sp³-hybridized carbons (Fsp3) is 0.176. The van der Waals surface area contributed by atoms with E-state index in [1.54, 1.807) is 11.3 Å². The molecule has 0 saturated heterocycles. The molecule has 1 aromatic carbocycles. The van der Waals surface area contributed by atoms with Crippen LogP contribution in [0.3, 0.4) is 0 Å². The summed E-state index contributed by atoms with van der Waals surface area (Å²) in [6.07, 6.45) is 0. The third kappa shape index (κ3) is 2.95. The number of anilines is 1. The number of nitrogens with zero attached hydrogens (tertiary/aromatic N) is 2. The van der Waals surface area contributed by atoms with Crippen LogP contribution in [0.25, 0.3) is 22.0 Å². The maximum atomic E-state index is 4.75. The highest BCUT2D eigenvalue weighted by atomic mass is 32.1. The number of nitrogens with one attached hydrogen (secondary N) is 1. The fourth-order valence-electron chi connectivity index (χ4n) is 2.18. The first-order valence-corrected chi connectivity index (χ1v) is 7.88. The maximum Gasteiger partial charge on any atom is 0.172 e. The lowest BCUT2D eigenvalue weighted by atomic mass is 10.1. The summed E-state index contributed by atoms with van der Waals surface area (Å²) in [6.45, 7) is 5.01. The van der Waals surface area contributed by atoms with Gasteiger partial charge < -0.3 is 5.32 Å². The Bertz CT molecular complexity index is 735. The smallest absolute Gasteiger partial charge is 0.172 e. The van der Waals surface area contributed by atoms with E-state index < -0.39 is 0 Å². The zero-order valence-corrected chi connectivity index (χ0v) is 12.9. The number of hydrogen-bond acceptors (Lipinski definition) is 4. The van der Waals surface area contributed by atoms with Crippen LogP contribution < -0.4 is 5.32 Å². The molecular weight excluding hydrogens is 278 g/mol. The lowest BCUT2D eigenvalue weighted by molar-refractivity contribution is 1.12. The second-order valence-corrected chi connectivity index (χ2v) is 5.71. The molecule has 0 radical (unpaired) electrons. The van der Waals surface area contributed by atoms with E-state index in [2.05, 4.69) is 47.7 Å². The zero-order valence-electron chi connectivity index (χ0n) is 12.1. The Kier molecular flexibility index (Phi) is 3.97. The minimum atomic E-state index is 0.791. The van der Waals surface area contributed by atoms with Crippen LogP contribution in [0.5, 0.6) is 0 Å². The summed E-state index contributed by atoms with van der Waals surface area (Å²) in [6, 6.07) is 14.3. The summed E-state index contributed by atoms with van der Waals surface area (Å²) >= 11 is 1.68. The molecule has 0 aliphatic carbocycles. The molecule has 0 atom stereocenters. The molecule has 2 heterocycles. The first-order valence-electron chi connectivity index (χ1n) is 7.00. The molecule has 0 aliphatic heterocycles. The first-order chi connectivity index (χ1) is 10.3. The molecule has 0 saturated carbocycles. The SMILES string of the molecule is CCNc1cc(-c2ccccc2)nc(-c2sccc2C)n1. The Morgan fingerprint density at radius 1 is 1.10 bits per heavy atom. The van der Waals surface area contributed by atoms with Crippen LogP contribution in [-0.4, -0.2) is 16.5 Å². The van der Waals surface area contributed by atoms with Crippen molar-refractivity contribution >= 4 is 17.2 Å². The summed E-state index contributed by atoms with van der Waals surface area (Å²) in [4.78, 5) is 10.5. The number of hydrogen-bond donors (Lipinski definition) is 1. The van der Waals surface area contributed by atoms with E-state index in [-0.39, 0.29) is 0 Å². The molecule has 0 bridgehead atoms. The van der Waals surface area contributed by atoms with Crippen LogP contribution in [0, 0.1) is 6.92 Å². The number of benzene rings is 1. The van der Waals surface area contributed by atoms with Gasteiger partial charge in [-0.05, 0) is 30.9 Å². The fourth-order valence-corrected chi connectivity index (χ4v) is 3.04. The van der Waals surface area contributed by atoms with Crippen molar-refractivity contribution in [2.45, 2.75) is 13.8 Å². The molecule has 0 spiro atoms. The molecule has 106 valence electrons. The predicted molar refractivity (Wildman–Crippen MR) is 89.7 cm³/mol. The normalized spacial score (nSPS) is 10.6. The van der Waals surface area contributed by atoms with Gasteiger partial charge >= 0.3 is 0 Å². The van der Waals surface area contributed by atoms with Gasteiger partial charge in [0, 0.05) is 18.2 Å². The Balaban J connectivity index is 2.13. The number of thiophene rings is 1. The van der Waals surface area contributed by atoms with Gasteiger partial charge in [0.2, 0.25) is 0 Å². The zero-order chi connectivity index (χ0) is 14.7. The molecule has 0 fully saturated rings. The predicted octanol–water partition coefficient (Wildman–Crippen LogP) is 4.61. The van der Waals surface area contributed by atoms with Gasteiger partial charge in [0.25, 0.3) is 0 Å². The Morgan fingerprint density at radius 3 is 2.57 bits per heavy atom. The standard InChI is InChI=1S/C17H17N3S/c1-3-18-15-11-14(13-7-5-4-6-8-13)19-17(20-15)16-12(2)9-10-21-16/h4-11H,3H2,1-2H3,(H,18,19,20). The average molecular weight is 295 g/mol. The molecular formula is C17H17N3S. The van der Waals surface area contributed by atoms with E-state index in [1.807, 2.05) is 24.3 Å². The summed E-state index contributed by atoms with van der Waals surface area (Å²) in [5, 5.41) is 5.37. The minimum Gasteiger partial charge on any atom is -0.370 e. The number of aryl methyl sites for hydroxylation is 1. The minimum absolute atomic E-state index is 0.791. The van der Waals surface area contributed by atoms with E-state index in [0.717, 1.165) is 34.3 Å². The van der Waals surface area contributed by atoms with Crippen LogP contribution in [0.2, 0.25) is 0 Å². The van der Waals surface area contributed by atoms with E-state index in [0.29, 0.717) is 0 Å². The van der Waals surface area contributed by atoms with Gasteiger partial charge in [-0.25, -0.2) is 9.97 Å². The lowest BCUT2D eigenvalue weighted by Crippen LogP contribution is -2.02. The number of rotatable bonds is 4. The quantitative estimate of drug-likeness (QED) is 0.763. The molecule has 0 amide bonds. The van der Waals surface area contributed by atoms with Gasteiger partial charge in [-0.2, -0.15) is 0 Å². The van der Waals surface area contributed by atoms with Gasteiger partial charge in [0.15, 0.2) is 5.82 Å². The van der Waals surface area contributed by atoms with Crippen molar-refractivity contribution in [3.63, 3.8) is 0 Å². The summed E-state index contributed by atoms with van der Waals surface area (Å²) in [5.41, 5.74) is 3.27. The van der Waals surface area contributed by atoms with Crippen molar-refractivity contribution in [2.24, 2.45) is 0 Å². The Labute approximate surface area is 128 Å². The molecule has 3 rings (SSSR count). The van der Waals surface area contributed by atoms with Crippen molar-refractivity contribution in [1.82, 2.24) is 9.97 Å². The van der Waals surface area contributed by atoms with E-state index >= 15 is 0 Å². The molecule has 1 N–H and O–H groups in total. The maximum absolute atomic E-state index is 4.75. The molecule has 0 unspecified atom stereocenters. The average Bonchev–Trinajstić information content (AvgIpc) is 2.94. The first kappa shape index (κ1) is 13.8. The topological polar surface area (TPSA) is 37.8 Å². The number of aromatic nitrogens is 2. The van der Waals surface area contributed by atoms with E-state index in [4.69, 9.17) is 4.98 Å². The Hall–Kier alpha value is -2.20. The van der Waals surface area contributed by atoms with Gasteiger partial charge in [-0.3, -0.25) is 0 Å². The van der Waals surface area contributed by atoms with Crippen molar-refractivity contribution < 1.29 is 0 Å². The third-order valence-electron chi connectivity index (χ3n) is 3.22. The van der Waals surface area contributed by atoms with Crippen LogP contribution in [0.15, 0.2) is 47.8 Å². The summed E-state index contributed by atoms with van der Waals surface area (Å²) < 4.78 is 0. The molecule has 0 aliphatic rings. The van der Waals surface area contributed by atoms with Gasteiger partial charge in [-0.1, -0.05) is 30.3 Å². The highest BCUT2D eigenvalue weighted by molar-refractivity contribution is 7.13. The molecule has 21 heavy (non-hydrogen) atoms. The monoisotopic (exact) mass is 295 g/mol. The second kappa shape index (κ2) is 6.06. The van der Waals surface area contributed by atoms with Crippen molar-refractivity contribution in [1.29, 1.82) is 0 Å². The largest absolute Gasteiger partial charge is 0.370 e. The summed E-state index contributed by atoms with van der Waals surface area (Å²) in [5.74, 6) is 1.66. The van der Waals surface area contributed by atoms with Crippen LogP contribution in [-0.2, 0) is 0 Å². The Morgan fingerprint density at radius 2 is 1.90 bits per heavy atom. The van der Waals surface area contributed by atoms with Crippen LogP contribution >= 0.6 is 11.3 Å². The van der Waals surface area contributed by atoms with Crippen molar-refractivity contribution in [2.75, 3.05) is 11.9 Å². The van der Waals surface area contributed by atoms with Gasteiger partial charge in [-0.15, -0.1) is 11.3 Å². The third-order valence-corrected chi connectivity index (χ3v) is 4.23. The van der Waals surface area contributed by atoms with Gasteiger partial charge in [0.1, 0.15) is 5.82 Å². The van der Waals surface area contributed by atoms with Crippen LogP contribution in [0.4, 0.5) is 5.82 Å². The van der Waals surface area contributed by atoms with E-state index in [9.17, 15) is 0 Å². The molecule has 4 heteroatoms. The molecule has 3 nitrogen and oxygen atoms in total. The van der Waals surface area contributed by atoms with E-state index in [1.165, 1.54) is 5.56 Å². The van der Waals surface area contributed by atoms with Crippen LogP contribution in [0.1, 0.15) is 12.5 Å². The highest BCUT2D eigenvalue weighted by Crippen LogP contribution is 2.29. The second-order valence-electron chi connectivity index (χ2n) is 4.79. The van der Waals surface area contributed by atoms with Crippen molar-refractivity contribution in [3.8, 4) is 22.0 Å².